The van der Waals surface area contributed by atoms with Crippen LogP contribution in [0.5, 0.6) is 11.5 Å². The van der Waals surface area contributed by atoms with Gasteiger partial charge in [0.2, 0.25) is 0 Å². The van der Waals surface area contributed by atoms with E-state index in [1.165, 1.54) is 24.3 Å². The van der Waals surface area contributed by atoms with Gasteiger partial charge in [0, 0.05) is 10.6 Å². The highest BCUT2D eigenvalue weighted by atomic mass is 35.5. The summed E-state index contributed by atoms with van der Waals surface area (Å²) in [6.07, 6.45) is 0. The number of benzene rings is 3. The van der Waals surface area contributed by atoms with E-state index in [1.807, 2.05) is 0 Å². The van der Waals surface area contributed by atoms with Crippen LogP contribution in [0.25, 0.3) is 0 Å². The molecule has 29 heavy (non-hydrogen) atoms. The number of halogens is 4. The molecule has 1 unspecified atom stereocenters. The fraction of sp³-hybridized carbons (Fsp3) is 0.0526. The Morgan fingerprint density at radius 1 is 0.759 bits per heavy atom. The van der Waals surface area contributed by atoms with E-state index < -0.39 is 20.6 Å². The number of rotatable bonds is 4. The Morgan fingerprint density at radius 2 is 1.38 bits per heavy atom. The van der Waals surface area contributed by atoms with Crippen LogP contribution in [0.3, 0.4) is 0 Å². The molecule has 0 radical (unpaired) electrons. The lowest BCUT2D eigenvalue weighted by Gasteiger charge is -2.33. The summed E-state index contributed by atoms with van der Waals surface area (Å²) in [7, 11) is -5.06. The molecule has 0 heterocycles. The zero-order chi connectivity index (χ0) is 21.6. The molecule has 152 valence electrons. The van der Waals surface area contributed by atoms with Crippen LogP contribution >= 0.6 is 46.4 Å². The van der Waals surface area contributed by atoms with Gasteiger partial charge in [-0.25, -0.2) is 0 Å². The first-order valence-corrected chi connectivity index (χ1v) is 10.8. The number of aromatic hydroxyl groups is 2. The molecular formula is C19H12Cl4O5S. The summed E-state index contributed by atoms with van der Waals surface area (Å²) in [5, 5.41) is 19.4. The van der Waals surface area contributed by atoms with Crippen LogP contribution in [0.15, 0.2) is 54.6 Å². The third-order valence-electron chi connectivity index (χ3n) is 4.36. The molecule has 0 aliphatic rings. The first-order chi connectivity index (χ1) is 13.5. The van der Waals surface area contributed by atoms with E-state index >= 15 is 0 Å². The van der Waals surface area contributed by atoms with Crippen LogP contribution in [-0.2, 0) is 14.9 Å². The van der Waals surface area contributed by atoms with Gasteiger partial charge in [-0.1, -0.05) is 76.7 Å². The van der Waals surface area contributed by atoms with Gasteiger partial charge in [0.15, 0.2) is 4.75 Å². The summed E-state index contributed by atoms with van der Waals surface area (Å²) in [5.41, 5.74) is -0.346. The molecule has 0 amide bonds. The highest BCUT2D eigenvalue weighted by Crippen LogP contribution is 2.51. The molecule has 3 rings (SSSR count). The van der Waals surface area contributed by atoms with Gasteiger partial charge in [0.25, 0.3) is 10.1 Å². The topological polar surface area (TPSA) is 94.8 Å². The molecule has 3 aromatic carbocycles. The number of hydrogen-bond acceptors (Lipinski definition) is 4. The van der Waals surface area contributed by atoms with Crippen LogP contribution in [0.4, 0.5) is 0 Å². The number of hydrogen-bond donors (Lipinski definition) is 3. The van der Waals surface area contributed by atoms with Crippen LogP contribution in [0.2, 0.25) is 20.1 Å². The lowest BCUT2D eigenvalue weighted by atomic mass is 9.83. The average molecular weight is 494 g/mol. The van der Waals surface area contributed by atoms with Crippen molar-refractivity contribution >= 4 is 56.5 Å². The van der Waals surface area contributed by atoms with Crippen molar-refractivity contribution in [2.45, 2.75) is 4.75 Å². The maximum atomic E-state index is 13.0. The molecular weight excluding hydrogens is 482 g/mol. The minimum Gasteiger partial charge on any atom is -0.508 e. The summed E-state index contributed by atoms with van der Waals surface area (Å²) in [5.74, 6) is -0.900. The highest BCUT2D eigenvalue weighted by molar-refractivity contribution is 7.87. The van der Waals surface area contributed by atoms with Gasteiger partial charge < -0.3 is 10.2 Å². The van der Waals surface area contributed by atoms with E-state index in [2.05, 4.69) is 0 Å². The Kier molecular flexibility index (Phi) is 5.98. The van der Waals surface area contributed by atoms with Crippen molar-refractivity contribution in [3.8, 4) is 11.5 Å². The second kappa shape index (κ2) is 7.87. The zero-order valence-corrected chi connectivity index (χ0v) is 18.1. The molecule has 0 spiro atoms. The summed E-state index contributed by atoms with van der Waals surface area (Å²) in [6.45, 7) is 0. The van der Waals surface area contributed by atoms with Gasteiger partial charge in [-0.15, -0.1) is 0 Å². The van der Waals surface area contributed by atoms with Gasteiger partial charge in [-0.05, 0) is 35.4 Å². The van der Waals surface area contributed by atoms with E-state index in [0.29, 0.717) is 0 Å². The maximum Gasteiger partial charge on any atom is 0.283 e. The van der Waals surface area contributed by atoms with Crippen LogP contribution < -0.4 is 0 Å². The van der Waals surface area contributed by atoms with Gasteiger partial charge in [0.05, 0.1) is 10.0 Å². The van der Waals surface area contributed by atoms with Crippen molar-refractivity contribution in [2.75, 3.05) is 0 Å². The molecule has 0 aromatic heterocycles. The molecule has 0 saturated carbocycles. The summed E-state index contributed by atoms with van der Waals surface area (Å²) in [6, 6.07) is 12.1. The second-order valence-electron chi connectivity index (χ2n) is 6.11. The standard InChI is InChI=1S/C19H12Cl4O5S/c20-12-6-11(7-13(24)8-12)19(29(26,27)28,10-4-2-1-3-5-10)14-9-15(25)17(22)18(23)16(14)21/h1-9,24-25H,(H,26,27,28). The molecule has 5 nitrogen and oxygen atoms in total. The predicted molar refractivity (Wildman–Crippen MR) is 114 cm³/mol. The molecule has 0 bridgehead atoms. The van der Waals surface area contributed by atoms with Crippen molar-refractivity contribution in [2.24, 2.45) is 0 Å². The molecule has 0 fully saturated rings. The Bertz CT molecular complexity index is 1180. The van der Waals surface area contributed by atoms with E-state index in [0.717, 1.165) is 12.1 Å². The Morgan fingerprint density at radius 3 is 1.93 bits per heavy atom. The van der Waals surface area contributed by atoms with Crippen molar-refractivity contribution in [1.29, 1.82) is 0 Å². The molecule has 0 aliphatic heterocycles. The van der Waals surface area contributed by atoms with Crippen LogP contribution in [0.1, 0.15) is 16.7 Å². The zero-order valence-electron chi connectivity index (χ0n) is 14.3. The fourth-order valence-electron chi connectivity index (χ4n) is 3.21. The second-order valence-corrected chi connectivity index (χ2v) is 9.24. The largest absolute Gasteiger partial charge is 0.508 e. The molecule has 0 saturated heterocycles. The monoisotopic (exact) mass is 492 g/mol. The van der Waals surface area contributed by atoms with Gasteiger partial charge >= 0.3 is 0 Å². The molecule has 3 N–H and O–H groups in total. The van der Waals surface area contributed by atoms with Crippen LogP contribution in [-0.4, -0.2) is 23.2 Å². The number of phenolic OH excluding ortho intramolecular Hbond substituents is 2. The van der Waals surface area contributed by atoms with Crippen LogP contribution in [0, 0.1) is 0 Å². The Balaban J connectivity index is 2.62. The van der Waals surface area contributed by atoms with Crippen molar-refractivity contribution in [3.05, 3.63) is 91.4 Å². The SMILES string of the molecule is O=S(=O)(O)C(c1ccccc1)(c1cc(O)cc(Cl)c1)c1cc(O)c(Cl)c(Cl)c1Cl. The van der Waals surface area contributed by atoms with Gasteiger partial charge in [0.1, 0.15) is 16.5 Å². The Labute approximate surface area is 186 Å². The summed E-state index contributed by atoms with van der Waals surface area (Å²) >= 11 is 24.4. The fourth-order valence-corrected chi connectivity index (χ4v) is 5.47. The van der Waals surface area contributed by atoms with Crippen molar-refractivity contribution in [3.63, 3.8) is 0 Å². The quantitative estimate of drug-likeness (QED) is 0.239. The van der Waals surface area contributed by atoms with E-state index in [1.54, 1.807) is 18.2 Å². The predicted octanol–water partition coefficient (Wildman–Crippen LogP) is 5.89. The minimum atomic E-state index is -5.06. The lowest BCUT2D eigenvalue weighted by Crippen LogP contribution is -2.38. The first-order valence-electron chi connectivity index (χ1n) is 7.89. The summed E-state index contributed by atoms with van der Waals surface area (Å²) < 4.78 is 34.0. The molecule has 0 aliphatic carbocycles. The third kappa shape index (κ3) is 3.65. The van der Waals surface area contributed by atoms with Crippen molar-refractivity contribution in [1.82, 2.24) is 0 Å². The molecule has 10 heteroatoms. The maximum absolute atomic E-state index is 13.0. The summed E-state index contributed by atoms with van der Waals surface area (Å²) in [4.78, 5) is 0. The van der Waals surface area contributed by atoms with Gasteiger partial charge in [-0.2, -0.15) is 8.42 Å². The van der Waals surface area contributed by atoms with Gasteiger partial charge in [-0.3, -0.25) is 4.55 Å². The highest BCUT2D eigenvalue weighted by Gasteiger charge is 2.50. The first kappa shape index (κ1) is 22.0. The number of phenols is 2. The average Bonchev–Trinajstić information content (AvgIpc) is 2.63. The molecule has 1 atom stereocenters. The smallest absolute Gasteiger partial charge is 0.283 e. The Hall–Kier alpha value is -1.67. The van der Waals surface area contributed by atoms with Crippen molar-refractivity contribution < 1.29 is 23.2 Å². The third-order valence-corrected chi connectivity index (χ3v) is 7.39. The molecule has 3 aromatic rings. The van der Waals surface area contributed by atoms with E-state index in [-0.39, 0.29) is 42.5 Å². The minimum absolute atomic E-state index is 0.00404. The van der Waals surface area contributed by atoms with E-state index in [4.69, 9.17) is 46.4 Å². The lowest BCUT2D eigenvalue weighted by molar-refractivity contribution is 0.455. The normalized spacial score (nSPS) is 13.8. The van der Waals surface area contributed by atoms with E-state index in [9.17, 15) is 23.2 Å².